The van der Waals surface area contributed by atoms with Gasteiger partial charge in [-0.25, -0.2) is 10.2 Å². The molecule has 0 radical (unpaired) electrons. The Labute approximate surface area is 160 Å². The number of azo groups is 1. The fraction of sp³-hybridized carbons (Fsp3) is 0.182. The van der Waals surface area contributed by atoms with E-state index in [4.69, 9.17) is 34.8 Å². The van der Waals surface area contributed by atoms with Crippen LogP contribution in [-0.2, 0) is 6.54 Å². The van der Waals surface area contributed by atoms with Gasteiger partial charge in [0.15, 0.2) is 0 Å². The molecule has 0 spiro atoms. The zero-order valence-electron chi connectivity index (χ0n) is 12.8. The number of rotatable bonds is 5. The first-order valence-corrected chi connectivity index (χ1v) is 7.71. The molecule has 0 aliphatic heterocycles. The lowest BCUT2D eigenvalue weighted by Crippen LogP contribution is -2.18. The Balaban J connectivity index is 1.96. The normalized spacial score (nSPS) is 11.8. The monoisotopic (exact) mass is 419 g/mol. The van der Waals surface area contributed by atoms with Gasteiger partial charge in [0.2, 0.25) is 0 Å². The Morgan fingerprint density at radius 3 is 2.58 bits per heavy atom. The van der Waals surface area contributed by atoms with E-state index in [1.54, 1.807) is 0 Å². The number of carbonyl (C=O) groups is 1. The third-order valence-corrected chi connectivity index (χ3v) is 3.34. The number of tetrazole rings is 1. The van der Waals surface area contributed by atoms with E-state index in [1.165, 1.54) is 19.1 Å². The molecule has 136 valence electrons. The minimum Gasteiger partial charge on any atom is -0.390 e. The third-order valence-electron chi connectivity index (χ3n) is 2.54. The number of amides is 2. The molecule has 0 saturated carbocycles. The average Bonchev–Trinajstić information content (AvgIpc) is 3.00. The second kappa shape index (κ2) is 8.60. The van der Waals surface area contributed by atoms with Gasteiger partial charge in [-0.3, -0.25) is 0 Å². The van der Waals surface area contributed by atoms with Gasteiger partial charge in [0.05, 0.1) is 26.0 Å². The predicted molar refractivity (Wildman–Crippen MR) is 92.1 cm³/mol. The van der Waals surface area contributed by atoms with Crippen LogP contribution >= 0.6 is 34.8 Å². The van der Waals surface area contributed by atoms with Crippen LogP contribution in [0.1, 0.15) is 6.92 Å². The van der Waals surface area contributed by atoms with Crippen molar-refractivity contribution in [1.82, 2.24) is 25.6 Å². The topological polar surface area (TPSA) is 153 Å². The molecule has 26 heavy (non-hydrogen) atoms. The van der Waals surface area contributed by atoms with Crippen molar-refractivity contribution in [2.75, 3.05) is 0 Å². The number of carbonyl (C=O) groups excluding carboxylic acids is 1. The minimum atomic E-state index is -0.899. The minimum absolute atomic E-state index is 0.0346. The Bertz CT molecular complexity index is 888. The number of hydrazone groups is 1. The lowest BCUT2D eigenvalue weighted by molar-refractivity contribution is -0.394. The summed E-state index contributed by atoms with van der Waals surface area (Å²) in [4.78, 5) is 22.2. The first kappa shape index (κ1) is 19.6. The molecule has 1 aromatic heterocycles. The summed E-state index contributed by atoms with van der Waals surface area (Å²) in [5, 5.41) is 31.9. The summed E-state index contributed by atoms with van der Waals surface area (Å²) in [7, 11) is 0. The lowest BCUT2D eigenvalue weighted by Gasteiger charge is -2.01. The third kappa shape index (κ3) is 5.40. The van der Waals surface area contributed by atoms with Crippen molar-refractivity contribution < 1.29 is 9.72 Å². The fourth-order valence-corrected chi connectivity index (χ4v) is 2.40. The molecule has 0 aliphatic carbocycles. The maximum atomic E-state index is 11.6. The van der Waals surface area contributed by atoms with Crippen molar-refractivity contribution in [2.24, 2.45) is 15.3 Å². The maximum Gasteiger partial charge on any atom is 0.514 e. The zero-order chi connectivity index (χ0) is 19.3. The van der Waals surface area contributed by atoms with Crippen molar-refractivity contribution in [3.05, 3.63) is 37.3 Å². The highest BCUT2D eigenvalue weighted by Gasteiger charge is 2.15. The number of benzene rings is 1. The van der Waals surface area contributed by atoms with Crippen LogP contribution in [0.15, 0.2) is 27.5 Å². The number of nitrogens with one attached hydrogen (secondary N) is 1. The van der Waals surface area contributed by atoms with Crippen LogP contribution in [0.5, 0.6) is 0 Å². The SMILES string of the molecule is C/C(Cn1nnc([N+](=O)[O-])n1)=N/NC(=O)N=Nc1c(Cl)cc(Cl)cc1Cl. The van der Waals surface area contributed by atoms with E-state index in [2.05, 4.69) is 36.2 Å². The Morgan fingerprint density at radius 1 is 1.35 bits per heavy atom. The fourth-order valence-electron chi connectivity index (χ4n) is 1.51. The first-order chi connectivity index (χ1) is 12.3. The van der Waals surface area contributed by atoms with Gasteiger partial charge >= 0.3 is 12.0 Å². The highest BCUT2D eigenvalue weighted by atomic mass is 35.5. The molecule has 2 amide bonds. The molecule has 0 bridgehead atoms. The van der Waals surface area contributed by atoms with Crippen LogP contribution in [0, 0.1) is 10.1 Å². The summed E-state index contributed by atoms with van der Waals surface area (Å²) < 4.78 is 0. The second-order valence-corrected chi connectivity index (χ2v) is 5.81. The molecule has 1 heterocycles. The van der Waals surface area contributed by atoms with E-state index >= 15 is 0 Å². The van der Waals surface area contributed by atoms with Crippen LogP contribution < -0.4 is 5.43 Å². The van der Waals surface area contributed by atoms with Gasteiger partial charge in [0.1, 0.15) is 12.2 Å². The van der Waals surface area contributed by atoms with Crippen LogP contribution in [0.25, 0.3) is 0 Å². The number of halogens is 3. The first-order valence-electron chi connectivity index (χ1n) is 6.58. The van der Waals surface area contributed by atoms with E-state index in [0.29, 0.717) is 10.7 Å². The summed E-state index contributed by atoms with van der Waals surface area (Å²) in [5.74, 6) is -0.646. The molecule has 12 nitrogen and oxygen atoms in total. The van der Waals surface area contributed by atoms with Gasteiger partial charge in [-0.05, 0) is 24.0 Å². The number of hydrogen-bond donors (Lipinski definition) is 1. The molecular weight excluding hydrogens is 413 g/mol. The zero-order valence-corrected chi connectivity index (χ0v) is 15.1. The average molecular weight is 421 g/mol. The molecule has 15 heteroatoms. The number of aromatic nitrogens is 4. The lowest BCUT2D eigenvalue weighted by atomic mass is 10.3. The van der Waals surface area contributed by atoms with Crippen molar-refractivity contribution >= 4 is 58.2 Å². The molecule has 0 atom stereocenters. The Kier molecular flexibility index (Phi) is 6.49. The molecule has 0 fully saturated rings. The molecule has 2 rings (SSSR count). The smallest absolute Gasteiger partial charge is 0.390 e. The summed E-state index contributed by atoms with van der Waals surface area (Å²) in [6.07, 6.45) is 0. The predicted octanol–water partition coefficient (Wildman–Crippen LogP) is 3.41. The molecule has 0 saturated heterocycles. The molecule has 2 aromatic rings. The summed E-state index contributed by atoms with van der Waals surface area (Å²) >= 11 is 17.6. The van der Waals surface area contributed by atoms with Gasteiger partial charge in [-0.15, -0.1) is 5.11 Å². The van der Waals surface area contributed by atoms with Crippen LogP contribution in [0.2, 0.25) is 15.1 Å². The van der Waals surface area contributed by atoms with Crippen LogP contribution in [-0.4, -0.2) is 36.9 Å². The highest BCUT2D eigenvalue weighted by Crippen LogP contribution is 2.36. The van der Waals surface area contributed by atoms with E-state index in [-0.39, 0.29) is 22.3 Å². The Morgan fingerprint density at radius 2 is 2.00 bits per heavy atom. The number of urea groups is 1. The van der Waals surface area contributed by atoms with Crippen LogP contribution in [0.4, 0.5) is 16.4 Å². The van der Waals surface area contributed by atoms with Gasteiger partial charge in [0, 0.05) is 10.2 Å². The molecule has 0 aliphatic rings. The molecule has 0 unspecified atom stereocenters. The van der Waals surface area contributed by atoms with Gasteiger partial charge < -0.3 is 10.1 Å². The van der Waals surface area contributed by atoms with E-state index in [9.17, 15) is 14.9 Å². The van der Waals surface area contributed by atoms with E-state index < -0.39 is 16.9 Å². The summed E-state index contributed by atoms with van der Waals surface area (Å²) in [5.41, 5.74) is 2.51. The van der Waals surface area contributed by atoms with Gasteiger partial charge in [-0.2, -0.15) is 5.10 Å². The molecular formula is C11H8Cl3N9O3. The van der Waals surface area contributed by atoms with E-state index in [1.807, 2.05) is 0 Å². The number of nitrogens with zero attached hydrogens (tertiary/aromatic N) is 8. The van der Waals surface area contributed by atoms with Crippen LogP contribution in [0.3, 0.4) is 0 Å². The summed E-state index contributed by atoms with van der Waals surface area (Å²) in [6, 6.07) is 1.89. The van der Waals surface area contributed by atoms with Gasteiger partial charge in [-0.1, -0.05) is 44.7 Å². The van der Waals surface area contributed by atoms with Crippen molar-refractivity contribution in [3.8, 4) is 0 Å². The largest absolute Gasteiger partial charge is 0.514 e. The number of hydrogen-bond acceptors (Lipinski definition) is 8. The molecule has 1 N–H and O–H groups in total. The standard InChI is InChI=1S/C11H8Cl3N9O3/c1-5(4-22-20-10(17-21-22)23(25)26)15-18-11(24)19-16-9-7(13)2-6(12)3-8(9)14/h2-3H,4H2,1H3,(H,18,24)/b15-5-,19-16?. The quantitative estimate of drug-likeness (QED) is 0.338. The number of nitro groups is 1. The van der Waals surface area contributed by atoms with Crippen molar-refractivity contribution in [2.45, 2.75) is 13.5 Å². The van der Waals surface area contributed by atoms with Crippen molar-refractivity contribution in [1.29, 1.82) is 0 Å². The van der Waals surface area contributed by atoms with Gasteiger partial charge in [0.25, 0.3) is 0 Å². The van der Waals surface area contributed by atoms with E-state index in [0.717, 1.165) is 4.80 Å². The van der Waals surface area contributed by atoms with Crippen molar-refractivity contribution in [3.63, 3.8) is 0 Å². The second-order valence-electron chi connectivity index (χ2n) is 4.56. The highest BCUT2D eigenvalue weighted by molar-refractivity contribution is 6.41. The maximum absolute atomic E-state index is 11.6. The molecule has 1 aromatic carbocycles. The summed E-state index contributed by atoms with van der Waals surface area (Å²) in [6.45, 7) is 1.49. The Hall–Kier alpha value is -2.70.